The van der Waals surface area contributed by atoms with Crippen LogP contribution in [0.4, 0.5) is 10.5 Å². The molecular weight excluding hydrogens is 608 g/mol. The van der Waals surface area contributed by atoms with E-state index in [4.69, 9.17) is 16.3 Å². The molecule has 1 spiro atoms. The van der Waals surface area contributed by atoms with Gasteiger partial charge < -0.3 is 20.1 Å². The maximum atomic E-state index is 13.6. The number of aliphatic hydroxyl groups excluding tert-OH is 2. The summed E-state index contributed by atoms with van der Waals surface area (Å²) < 4.78 is 6.07. The van der Waals surface area contributed by atoms with Crippen molar-refractivity contribution in [3.05, 3.63) is 88.0 Å². The zero-order chi connectivity index (χ0) is 33.1. The minimum absolute atomic E-state index is 0.0439. The van der Waals surface area contributed by atoms with Gasteiger partial charge in [-0.1, -0.05) is 56.7 Å². The first-order chi connectivity index (χ1) is 21.7. The molecule has 2 bridgehead atoms. The van der Waals surface area contributed by atoms with Crippen LogP contribution >= 0.6 is 11.6 Å². The van der Waals surface area contributed by atoms with E-state index >= 15 is 0 Å². The summed E-state index contributed by atoms with van der Waals surface area (Å²) in [5.74, 6) is -1.51. The highest BCUT2D eigenvalue weighted by atomic mass is 35.5. The first-order valence-corrected chi connectivity index (χ1v) is 16.2. The fourth-order valence-corrected chi connectivity index (χ4v) is 9.54. The topological polar surface area (TPSA) is 128 Å². The molecule has 7 rings (SSSR count). The van der Waals surface area contributed by atoms with E-state index in [2.05, 4.69) is 13.8 Å². The highest BCUT2D eigenvalue weighted by Gasteiger charge is 2.76. The molecule has 46 heavy (non-hydrogen) atoms. The second-order valence-electron chi connectivity index (χ2n) is 14.4. The Bertz CT molecular complexity index is 1680. The van der Waals surface area contributed by atoms with E-state index in [0.29, 0.717) is 22.7 Å². The first-order valence-electron chi connectivity index (χ1n) is 15.8. The fourth-order valence-electron chi connectivity index (χ4n) is 9.42. The molecule has 5 aliphatic rings. The average Bonchev–Trinajstić information content (AvgIpc) is 3.41. The Morgan fingerprint density at radius 3 is 2.28 bits per heavy atom. The summed E-state index contributed by atoms with van der Waals surface area (Å²) in [5, 5.41) is 38.4. The predicted octanol–water partition coefficient (Wildman–Crippen LogP) is 4.85. The summed E-state index contributed by atoms with van der Waals surface area (Å²) in [6, 6.07) is 13.2. The SMILES string of the molecule is CC1=C[C@]23C(O)[C@@H](C=C(CN4C(=O)c5ccccc5C4=O)[C@@H](O)[C@]2(O)[C@H]1OC(=O)N(C)c1ccc(Cl)cc1)[C@H]1[C@@H](C[C@H]3C)C1(C)C. The molecule has 4 aliphatic carbocycles. The molecule has 2 fully saturated rings. The molecule has 2 aromatic rings. The number of ether oxygens (including phenoxy) is 1. The fraction of sp³-hybridized carbons (Fsp3) is 0.472. The number of hydrogen-bond acceptors (Lipinski definition) is 7. The maximum absolute atomic E-state index is 13.6. The highest BCUT2D eigenvalue weighted by molar-refractivity contribution is 6.30. The van der Waals surface area contributed by atoms with Crippen LogP contribution in [0.1, 0.15) is 54.8 Å². The highest BCUT2D eigenvalue weighted by Crippen LogP contribution is 2.72. The second kappa shape index (κ2) is 10.2. The Morgan fingerprint density at radius 2 is 1.67 bits per heavy atom. The van der Waals surface area contributed by atoms with E-state index in [0.717, 1.165) is 4.90 Å². The van der Waals surface area contributed by atoms with Crippen LogP contribution in [-0.2, 0) is 4.74 Å². The monoisotopic (exact) mass is 646 g/mol. The molecule has 0 saturated heterocycles. The van der Waals surface area contributed by atoms with Gasteiger partial charge in [-0.25, -0.2) is 4.79 Å². The zero-order valence-electron chi connectivity index (χ0n) is 26.5. The summed E-state index contributed by atoms with van der Waals surface area (Å²) in [6.07, 6.45) is -0.677. The quantitative estimate of drug-likeness (QED) is 0.320. The van der Waals surface area contributed by atoms with Crippen LogP contribution in [0.25, 0.3) is 0 Å². The van der Waals surface area contributed by atoms with Crippen molar-refractivity contribution < 1.29 is 34.4 Å². The molecule has 2 saturated carbocycles. The third kappa shape index (κ3) is 4.01. The van der Waals surface area contributed by atoms with Crippen molar-refractivity contribution in [3.63, 3.8) is 0 Å². The summed E-state index contributed by atoms with van der Waals surface area (Å²) >= 11 is 6.04. The third-order valence-electron chi connectivity index (χ3n) is 11.9. The number of aliphatic hydroxyl groups is 3. The summed E-state index contributed by atoms with van der Waals surface area (Å²) in [7, 11) is 1.53. The van der Waals surface area contributed by atoms with Gasteiger partial charge in [-0.2, -0.15) is 0 Å². The summed E-state index contributed by atoms with van der Waals surface area (Å²) in [4.78, 5) is 42.9. The van der Waals surface area contributed by atoms with E-state index in [1.807, 2.05) is 6.92 Å². The van der Waals surface area contributed by atoms with Crippen molar-refractivity contribution in [2.24, 2.45) is 34.5 Å². The lowest BCUT2D eigenvalue weighted by atomic mass is 9.58. The Hall–Kier alpha value is -3.50. The van der Waals surface area contributed by atoms with Crippen molar-refractivity contribution in [1.82, 2.24) is 4.90 Å². The van der Waals surface area contributed by atoms with Crippen molar-refractivity contribution in [2.45, 2.75) is 58.0 Å². The number of anilines is 1. The minimum atomic E-state index is -2.22. The molecule has 1 unspecified atom stereocenters. The van der Waals surface area contributed by atoms with Gasteiger partial charge in [0.1, 0.15) is 11.7 Å². The molecule has 242 valence electrons. The van der Waals surface area contributed by atoms with Gasteiger partial charge in [0.2, 0.25) is 0 Å². The molecule has 9 nitrogen and oxygen atoms in total. The number of carbonyl (C=O) groups excluding carboxylic acids is 3. The molecule has 3 N–H and O–H groups in total. The van der Waals surface area contributed by atoms with Crippen molar-refractivity contribution >= 4 is 35.2 Å². The largest absolute Gasteiger partial charge is 0.438 e. The zero-order valence-corrected chi connectivity index (χ0v) is 27.2. The van der Waals surface area contributed by atoms with Crippen molar-refractivity contribution in [2.75, 3.05) is 18.5 Å². The summed E-state index contributed by atoms with van der Waals surface area (Å²) in [5.41, 5.74) is -1.93. The van der Waals surface area contributed by atoms with E-state index < -0.39 is 53.2 Å². The van der Waals surface area contributed by atoms with Gasteiger partial charge >= 0.3 is 6.09 Å². The molecule has 3 amide bonds. The Kier molecular flexibility index (Phi) is 6.93. The lowest BCUT2D eigenvalue weighted by Crippen LogP contribution is -2.67. The molecule has 1 heterocycles. The predicted molar refractivity (Wildman–Crippen MR) is 171 cm³/mol. The Balaban J connectivity index is 1.31. The van der Waals surface area contributed by atoms with Gasteiger partial charge in [0.05, 0.1) is 29.2 Å². The number of rotatable bonds is 4. The lowest BCUT2D eigenvalue weighted by molar-refractivity contribution is -0.214. The smallest absolute Gasteiger partial charge is 0.414 e. The second-order valence-corrected chi connectivity index (χ2v) is 14.9. The molecule has 1 aliphatic heterocycles. The maximum Gasteiger partial charge on any atom is 0.414 e. The van der Waals surface area contributed by atoms with E-state index in [9.17, 15) is 29.7 Å². The number of fused-ring (bicyclic) bond motifs is 4. The van der Waals surface area contributed by atoms with E-state index in [1.54, 1.807) is 67.6 Å². The number of benzene rings is 2. The van der Waals surface area contributed by atoms with Gasteiger partial charge in [0.25, 0.3) is 11.8 Å². The van der Waals surface area contributed by atoms with Gasteiger partial charge in [-0.05, 0) is 84.1 Å². The third-order valence-corrected chi connectivity index (χ3v) is 12.2. The van der Waals surface area contributed by atoms with Gasteiger partial charge in [0.15, 0.2) is 6.10 Å². The van der Waals surface area contributed by atoms with Crippen LogP contribution in [0.5, 0.6) is 0 Å². The number of amides is 3. The van der Waals surface area contributed by atoms with Crippen molar-refractivity contribution in [3.8, 4) is 0 Å². The molecule has 10 heteroatoms. The van der Waals surface area contributed by atoms with Crippen LogP contribution in [0, 0.1) is 34.5 Å². The molecular formula is C36H39ClN2O7. The van der Waals surface area contributed by atoms with Crippen LogP contribution in [0.3, 0.4) is 0 Å². The Morgan fingerprint density at radius 1 is 1.07 bits per heavy atom. The standard InChI is InChI=1S/C36H39ClN2O7/c1-18-16-35-19(2)14-26-27(34(26,3)4)25(29(35)41)15-20(17-39-31(42)23-8-6-7-9-24(23)32(39)43)28(40)36(35,45)30(18)46-33(44)38(5)22-12-10-21(37)11-13-22/h6-13,15-16,19,25-30,40-41,45H,14,17H2,1-5H3/t19-,25+,26-,27+,28-,29?,30+,35+,36+/m1/s1. The first kappa shape index (κ1) is 31.1. The Labute approximate surface area is 273 Å². The normalized spacial score (nSPS) is 36.9. The molecule has 0 aromatic heterocycles. The lowest BCUT2D eigenvalue weighted by Gasteiger charge is -2.52. The molecule has 2 aromatic carbocycles. The van der Waals surface area contributed by atoms with Crippen LogP contribution in [-0.4, -0.2) is 75.6 Å². The molecule has 9 atom stereocenters. The number of hydrogen-bond donors (Lipinski definition) is 3. The van der Waals surface area contributed by atoms with Gasteiger partial charge in [-0.15, -0.1) is 0 Å². The van der Waals surface area contributed by atoms with Crippen LogP contribution in [0.2, 0.25) is 5.02 Å². The average molecular weight is 647 g/mol. The van der Waals surface area contributed by atoms with E-state index in [-0.39, 0.29) is 46.4 Å². The van der Waals surface area contributed by atoms with Crippen LogP contribution in [0.15, 0.2) is 71.8 Å². The van der Waals surface area contributed by atoms with E-state index in [1.165, 1.54) is 11.9 Å². The van der Waals surface area contributed by atoms with Gasteiger partial charge in [-0.3, -0.25) is 19.4 Å². The minimum Gasteiger partial charge on any atom is -0.438 e. The number of carbonyl (C=O) groups is 3. The van der Waals surface area contributed by atoms with Crippen molar-refractivity contribution in [1.29, 1.82) is 0 Å². The number of imide groups is 1. The summed E-state index contributed by atoms with van der Waals surface area (Å²) in [6.45, 7) is 7.74. The number of nitrogens with zero attached hydrogens (tertiary/aromatic N) is 2. The number of halogens is 1. The van der Waals surface area contributed by atoms with Gasteiger partial charge in [0, 0.05) is 23.7 Å². The molecule has 0 radical (unpaired) electrons. The van der Waals surface area contributed by atoms with Crippen LogP contribution < -0.4 is 4.90 Å².